The predicted molar refractivity (Wildman–Crippen MR) is 75.7 cm³/mol. The van der Waals surface area contributed by atoms with Gasteiger partial charge in [-0.15, -0.1) is 0 Å². The summed E-state index contributed by atoms with van der Waals surface area (Å²) in [6.45, 7) is 3.83. The maximum absolute atomic E-state index is 12.3. The smallest absolute Gasteiger partial charge is 0.317 e. The third-order valence-corrected chi connectivity index (χ3v) is 4.37. The zero-order valence-corrected chi connectivity index (χ0v) is 12.4. The molecule has 118 valence electrons. The molecule has 1 saturated carbocycles. The Morgan fingerprint density at radius 3 is 2.33 bits per heavy atom. The molecule has 1 aliphatic carbocycles. The molecular formula is C14H23N3O4. The van der Waals surface area contributed by atoms with Crippen molar-refractivity contribution in [3.8, 4) is 0 Å². The van der Waals surface area contributed by atoms with E-state index in [9.17, 15) is 14.4 Å². The van der Waals surface area contributed by atoms with E-state index in [1.54, 1.807) is 9.80 Å². The zero-order chi connectivity index (χ0) is 15.4. The van der Waals surface area contributed by atoms with Gasteiger partial charge >= 0.3 is 12.0 Å². The van der Waals surface area contributed by atoms with Crippen LogP contribution < -0.4 is 5.32 Å². The molecule has 7 nitrogen and oxygen atoms in total. The molecular weight excluding hydrogens is 274 g/mol. The molecule has 1 saturated heterocycles. The van der Waals surface area contributed by atoms with E-state index in [2.05, 4.69) is 5.32 Å². The molecule has 2 atom stereocenters. The number of carbonyl (C=O) groups excluding carboxylic acids is 2. The summed E-state index contributed by atoms with van der Waals surface area (Å²) in [6.07, 6.45) is 2.93. The van der Waals surface area contributed by atoms with E-state index in [1.807, 2.05) is 0 Å². The molecule has 2 unspecified atom stereocenters. The van der Waals surface area contributed by atoms with Crippen molar-refractivity contribution in [2.75, 3.05) is 26.2 Å². The van der Waals surface area contributed by atoms with Gasteiger partial charge in [0.05, 0.1) is 5.92 Å². The minimum absolute atomic E-state index is 0.0268. The summed E-state index contributed by atoms with van der Waals surface area (Å²) in [5.74, 6) is -1.29. The zero-order valence-electron chi connectivity index (χ0n) is 12.4. The molecule has 2 aliphatic rings. The number of carbonyl (C=O) groups is 3. The second kappa shape index (κ2) is 6.78. The van der Waals surface area contributed by atoms with Gasteiger partial charge in [-0.3, -0.25) is 9.59 Å². The predicted octanol–water partition coefficient (Wildman–Crippen LogP) is 0.504. The maximum Gasteiger partial charge on any atom is 0.317 e. The number of rotatable bonds is 2. The Balaban J connectivity index is 1.88. The van der Waals surface area contributed by atoms with Crippen LogP contribution in [0.5, 0.6) is 0 Å². The first-order valence-corrected chi connectivity index (χ1v) is 7.53. The van der Waals surface area contributed by atoms with E-state index in [0.717, 1.165) is 19.3 Å². The maximum atomic E-state index is 12.3. The first kappa shape index (κ1) is 15.6. The van der Waals surface area contributed by atoms with Gasteiger partial charge in [0.2, 0.25) is 5.91 Å². The summed E-state index contributed by atoms with van der Waals surface area (Å²) in [7, 11) is 0. The van der Waals surface area contributed by atoms with Crippen LogP contribution in [-0.2, 0) is 9.59 Å². The van der Waals surface area contributed by atoms with Crippen LogP contribution >= 0.6 is 0 Å². The van der Waals surface area contributed by atoms with E-state index in [4.69, 9.17) is 5.11 Å². The summed E-state index contributed by atoms with van der Waals surface area (Å²) >= 11 is 0. The van der Waals surface area contributed by atoms with Crippen molar-refractivity contribution >= 4 is 17.9 Å². The van der Waals surface area contributed by atoms with Crippen molar-refractivity contribution in [1.82, 2.24) is 15.1 Å². The quantitative estimate of drug-likeness (QED) is 0.777. The van der Waals surface area contributed by atoms with Gasteiger partial charge in [-0.05, 0) is 19.3 Å². The lowest BCUT2D eigenvalue weighted by atomic mass is 10.0. The number of urea groups is 1. The lowest BCUT2D eigenvalue weighted by molar-refractivity contribution is -0.142. The number of nitrogens with one attached hydrogen (secondary N) is 1. The highest BCUT2D eigenvalue weighted by atomic mass is 16.4. The number of aliphatic carboxylic acids is 1. The van der Waals surface area contributed by atoms with Gasteiger partial charge in [0.15, 0.2) is 0 Å². The Kier molecular flexibility index (Phi) is 5.03. The largest absolute Gasteiger partial charge is 0.481 e. The Morgan fingerprint density at radius 2 is 1.67 bits per heavy atom. The Morgan fingerprint density at radius 1 is 1.00 bits per heavy atom. The molecule has 0 spiro atoms. The molecule has 1 heterocycles. The minimum Gasteiger partial charge on any atom is -0.481 e. The molecule has 1 aliphatic heterocycles. The average molecular weight is 297 g/mol. The standard InChI is InChI=1S/C14H23N3O4/c1-10(18)16-6-3-7-17(9-8-16)14(21)15-12-5-2-4-11(12)13(19)20/h11-12H,2-9H2,1H3,(H,15,21)(H,19,20). The summed E-state index contributed by atoms with van der Waals surface area (Å²) in [4.78, 5) is 38.2. The van der Waals surface area contributed by atoms with Gasteiger partial charge in [-0.2, -0.15) is 0 Å². The van der Waals surface area contributed by atoms with Crippen LogP contribution in [0.15, 0.2) is 0 Å². The fraction of sp³-hybridized carbons (Fsp3) is 0.786. The molecule has 21 heavy (non-hydrogen) atoms. The number of carboxylic acid groups (broad SMARTS) is 1. The SMILES string of the molecule is CC(=O)N1CCCN(C(=O)NC2CCCC2C(=O)O)CC1. The van der Waals surface area contributed by atoms with E-state index in [1.165, 1.54) is 6.92 Å². The Labute approximate surface area is 124 Å². The Hall–Kier alpha value is -1.79. The number of hydrogen-bond donors (Lipinski definition) is 2. The summed E-state index contributed by atoms with van der Waals surface area (Å²) in [6, 6.07) is -0.485. The first-order chi connectivity index (χ1) is 9.99. The highest BCUT2D eigenvalue weighted by Crippen LogP contribution is 2.26. The van der Waals surface area contributed by atoms with Crippen LogP contribution in [0.25, 0.3) is 0 Å². The van der Waals surface area contributed by atoms with E-state index < -0.39 is 11.9 Å². The van der Waals surface area contributed by atoms with Crippen LogP contribution in [0, 0.1) is 5.92 Å². The van der Waals surface area contributed by atoms with Crippen molar-refractivity contribution in [1.29, 1.82) is 0 Å². The summed E-state index contributed by atoms with van der Waals surface area (Å²) in [5.41, 5.74) is 0. The van der Waals surface area contributed by atoms with Gasteiger partial charge in [0.1, 0.15) is 0 Å². The summed E-state index contributed by atoms with van der Waals surface area (Å²) in [5, 5.41) is 12.0. The van der Waals surface area contributed by atoms with Crippen LogP contribution in [0.2, 0.25) is 0 Å². The second-order valence-corrected chi connectivity index (χ2v) is 5.78. The molecule has 0 aromatic rings. The molecule has 0 bridgehead atoms. The van der Waals surface area contributed by atoms with E-state index in [-0.39, 0.29) is 18.0 Å². The fourth-order valence-corrected chi connectivity index (χ4v) is 3.11. The molecule has 0 radical (unpaired) electrons. The van der Waals surface area contributed by atoms with Crippen LogP contribution in [0.3, 0.4) is 0 Å². The Bertz CT molecular complexity index is 426. The highest BCUT2D eigenvalue weighted by Gasteiger charge is 2.34. The highest BCUT2D eigenvalue weighted by molar-refractivity contribution is 5.77. The molecule has 0 aromatic heterocycles. The molecule has 2 rings (SSSR count). The molecule has 2 fully saturated rings. The second-order valence-electron chi connectivity index (χ2n) is 5.78. The lowest BCUT2D eigenvalue weighted by Gasteiger charge is -2.25. The van der Waals surface area contributed by atoms with Crippen molar-refractivity contribution < 1.29 is 19.5 Å². The monoisotopic (exact) mass is 297 g/mol. The number of hydrogen-bond acceptors (Lipinski definition) is 3. The van der Waals surface area contributed by atoms with E-state index >= 15 is 0 Å². The van der Waals surface area contributed by atoms with Crippen molar-refractivity contribution in [3.05, 3.63) is 0 Å². The van der Waals surface area contributed by atoms with Gasteiger partial charge in [-0.1, -0.05) is 6.42 Å². The van der Waals surface area contributed by atoms with E-state index in [0.29, 0.717) is 32.6 Å². The van der Waals surface area contributed by atoms with Crippen molar-refractivity contribution in [2.24, 2.45) is 5.92 Å². The normalized spacial score (nSPS) is 26.3. The van der Waals surface area contributed by atoms with Crippen molar-refractivity contribution in [3.63, 3.8) is 0 Å². The third-order valence-electron chi connectivity index (χ3n) is 4.37. The number of amides is 3. The fourth-order valence-electron chi connectivity index (χ4n) is 3.11. The van der Waals surface area contributed by atoms with Crippen LogP contribution in [-0.4, -0.2) is 65.0 Å². The lowest BCUT2D eigenvalue weighted by Crippen LogP contribution is -2.48. The van der Waals surface area contributed by atoms with Crippen molar-refractivity contribution in [2.45, 2.75) is 38.6 Å². The average Bonchev–Trinajstić information content (AvgIpc) is 2.73. The first-order valence-electron chi connectivity index (χ1n) is 7.53. The molecule has 0 aromatic carbocycles. The minimum atomic E-state index is -0.837. The molecule has 2 N–H and O–H groups in total. The number of carboxylic acids is 1. The van der Waals surface area contributed by atoms with Crippen LogP contribution in [0.4, 0.5) is 4.79 Å². The molecule has 3 amide bonds. The van der Waals surface area contributed by atoms with Gasteiger partial charge in [0, 0.05) is 39.1 Å². The topological polar surface area (TPSA) is 90.0 Å². The third kappa shape index (κ3) is 3.86. The van der Waals surface area contributed by atoms with Crippen LogP contribution in [0.1, 0.15) is 32.6 Å². The summed E-state index contributed by atoms with van der Waals surface area (Å²) < 4.78 is 0. The number of nitrogens with zero attached hydrogens (tertiary/aromatic N) is 2. The van der Waals surface area contributed by atoms with Gasteiger partial charge in [0.25, 0.3) is 0 Å². The van der Waals surface area contributed by atoms with Gasteiger partial charge < -0.3 is 20.2 Å². The van der Waals surface area contributed by atoms with Gasteiger partial charge in [-0.25, -0.2) is 4.79 Å². The molecule has 7 heteroatoms.